The average Bonchev–Trinajstić information content (AvgIpc) is 3.14. The van der Waals surface area contributed by atoms with Crippen molar-refractivity contribution in [3.63, 3.8) is 0 Å². The number of nitrogens with one attached hydrogen (secondary N) is 1. The fourth-order valence-electron chi connectivity index (χ4n) is 3.38. The second-order valence-electron chi connectivity index (χ2n) is 6.32. The van der Waals surface area contributed by atoms with Crippen LogP contribution >= 0.6 is 11.6 Å². The van der Waals surface area contributed by atoms with Gasteiger partial charge in [0.15, 0.2) is 0 Å². The molecular formula is C21H17ClN2O2. The minimum absolute atomic E-state index is 0.0634. The summed E-state index contributed by atoms with van der Waals surface area (Å²) < 4.78 is 1.61. The van der Waals surface area contributed by atoms with Crippen LogP contribution in [0.25, 0.3) is 22.6 Å². The Balaban J connectivity index is 1.88. The molecule has 0 atom stereocenters. The summed E-state index contributed by atoms with van der Waals surface area (Å²) in [6.45, 7) is 1.53. The molecule has 26 heavy (non-hydrogen) atoms. The summed E-state index contributed by atoms with van der Waals surface area (Å²) in [4.78, 5) is 24.4. The van der Waals surface area contributed by atoms with Gasteiger partial charge >= 0.3 is 0 Å². The lowest BCUT2D eigenvalue weighted by Crippen LogP contribution is -2.03. The minimum Gasteiger partial charge on any atom is -0.321 e. The molecule has 0 fully saturated rings. The number of aromatic nitrogens is 1. The number of halogens is 1. The summed E-state index contributed by atoms with van der Waals surface area (Å²) in [6.07, 6.45) is 4.39. The lowest BCUT2D eigenvalue weighted by atomic mass is 10.0. The van der Waals surface area contributed by atoms with E-state index in [-0.39, 0.29) is 11.8 Å². The second kappa shape index (κ2) is 6.46. The molecule has 1 aromatic heterocycles. The van der Waals surface area contributed by atoms with Crippen LogP contribution in [-0.4, -0.2) is 22.3 Å². The van der Waals surface area contributed by atoms with E-state index in [1.807, 2.05) is 48.5 Å². The molecule has 3 aromatic rings. The molecule has 1 amide bonds. The van der Waals surface area contributed by atoms with E-state index in [2.05, 4.69) is 5.32 Å². The first-order valence-corrected chi connectivity index (χ1v) is 8.95. The molecule has 1 aliphatic heterocycles. The predicted octanol–water partition coefficient (Wildman–Crippen LogP) is 4.58. The Labute approximate surface area is 156 Å². The Bertz CT molecular complexity index is 1080. The lowest BCUT2D eigenvalue weighted by molar-refractivity contribution is -0.110. The fraction of sp³-hybridized carbons (Fsp3) is 0.143. The van der Waals surface area contributed by atoms with Gasteiger partial charge in [-0.3, -0.25) is 14.2 Å². The van der Waals surface area contributed by atoms with Gasteiger partial charge in [0.25, 0.3) is 5.91 Å². The first-order chi connectivity index (χ1) is 12.6. The topological polar surface area (TPSA) is 51.1 Å². The number of para-hydroxylation sites is 1. The number of benzene rings is 2. The van der Waals surface area contributed by atoms with E-state index in [1.54, 1.807) is 10.8 Å². The summed E-state index contributed by atoms with van der Waals surface area (Å²) >= 11 is 5.85. The Morgan fingerprint density at radius 1 is 1.23 bits per heavy atom. The third-order valence-electron chi connectivity index (χ3n) is 4.63. The molecule has 0 radical (unpaired) electrons. The van der Waals surface area contributed by atoms with Crippen molar-refractivity contribution in [3.05, 3.63) is 65.4 Å². The van der Waals surface area contributed by atoms with Crippen molar-refractivity contribution >= 4 is 51.7 Å². The highest BCUT2D eigenvalue weighted by Crippen LogP contribution is 2.35. The van der Waals surface area contributed by atoms with Crippen molar-refractivity contribution in [3.8, 4) is 0 Å². The van der Waals surface area contributed by atoms with E-state index in [0.29, 0.717) is 11.5 Å². The molecule has 5 heteroatoms. The van der Waals surface area contributed by atoms with Gasteiger partial charge in [0.1, 0.15) is 0 Å². The predicted molar refractivity (Wildman–Crippen MR) is 106 cm³/mol. The van der Waals surface area contributed by atoms with E-state index in [4.69, 9.17) is 11.6 Å². The molecule has 0 saturated heterocycles. The molecule has 0 unspecified atom stereocenters. The number of rotatable bonds is 3. The number of hydrogen-bond donors (Lipinski definition) is 1. The molecule has 4 nitrogen and oxygen atoms in total. The van der Waals surface area contributed by atoms with Crippen LogP contribution in [0.1, 0.15) is 28.4 Å². The summed E-state index contributed by atoms with van der Waals surface area (Å²) in [7, 11) is 0. The van der Waals surface area contributed by atoms with Gasteiger partial charge < -0.3 is 5.32 Å². The number of amides is 1. The molecule has 0 saturated carbocycles. The van der Waals surface area contributed by atoms with E-state index in [0.717, 1.165) is 39.7 Å². The maximum absolute atomic E-state index is 12.5. The highest BCUT2D eigenvalue weighted by Gasteiger charge is 2.25. The van der Waals surface area contributed by atoms with Crippen molar-refractivity contribution in [2.45, 2.75) is 13.3 Å². The van der Waals surface area contributed by atoms with Gasteiger partial charge in [-0.15, -0.1) is 11.6 Å². The van der Waals surface area contributed by atoms with Crippen molar-refractivity contribution in [1.82, 2.24) is 4.57 Å². The zero-order chi connectivity index (χ0) is 18.3. The Kier molecular flexibility index (Phi) is 4.13. The van der Waals surface area contributed by atoms with Gasteiger partial charge in [-0.1, -0.05) is 24.3 Å². The quantitative estimate of drug-likeness (QED) is 0.546. The summed E-state index contributed by atoms with van der Waals surface area (Å²) in [5, 5.41) is 3.84. The summed E-state index contributed by atoms with van der Waals surface area (Å²) in [5.74, 6) is 0.333. The van der Waals surface area contributed by atoms with Gasteiger partial charge in [-0.25, -0.2) is 0 Å². The zero-order valence-electron chi connectivity index (χ0n) is 14.3. The monoisotopic (exact) mass is 364 g/mol. The maximum Gasteiger partial charge on any atom is 0.256 e. The highest BCUT2D eigenvalue weighted by molar-refractivity contribution is 6.35. The Hall–Kier alpha value is -2.85. The number of nitrogens with zero attached hydrogens (tertiary/aromatic N) is 1. The molecule has 2 heterocycles. The number of carbonyl (C=O) groups is 2. The smallest absolute Gasteiger partial charge is 0.256 e. The summed E-state index contributed by atoms with van der Waals surface area (Å²) in [6, 6.07) is 13.6. The average molecular weight is 365 g/mol. The van der Waals surface area contributed by atoms with Crippen molar-refractivity contribution in [1.29, 1.82) is 0 Å². The van der Waals surface area contributed by atoms with Crippen molar-refractivity contribution in [2.75, 3.05) is 11.2 Å². The van der Waals surface area contributed by atoms with E-state index < -0.39 is 0 Å². The second-order valence-corrected chi connectivity index (χ2v) is 6.70. The molecular weight excluding hydrogens is 348 g/mol. The minimum atomic E-state index is -0.136. The van der Waals surface area contributed by atoms with Gasteiger partial charge in [-0.2, -0.15) is 0 Å². The van der Waals surface area contributed by atoms with Crippen LogP contribution in [0.4, 0.5) is 5.69 Å². The number of hydrogen-bond acceptors (Lipinski definition) is 2. The standard InChI is InChI=1S/C21H17ClN2O2/c1-13(25)24-12-15(16-4-2-3-5-20(16)24)11-18-17-10-14(8-9-22)6-7-19(17)23-21(18)26/h2-7,10-12H,8-9H2,1H3,(H,23,26). The van der Waals surface area contributed by atoms with Gasteiger partial charge in [0.05, 0.1) is 5.52 Å². The first kappa shape index (κ1) is 16.6. The number of aryl methyl sites for hydroxylation is 1. The third-order valence-corrected chi connectivity index (χ3v) is 4.82. The SMILES string of the molecule is CC(=O)n1cc(C=C2C(=O)Nc3ccc(CCCl)cc32)c2ccccc21. The first-order valence-electron chi connectivity index (χ1n) is 8.42. The third kappa shape index (κ3) is 2.72. The molecule has 130 valence electrons. The Morgan fingerprint density at radius 2 is 2.04 bits per heavy atom. The largest absolute Gasteiger partial charge is 0.321 e. The molecule has 4 rings (SSSR count). The molecule has 0 bridgehead atoms. The normalized spacial score (nSPS) is 14.7. The maximum atomic E-state index is 12.5. The van der Waals surface area contributed by atoms with E-state index in [9.17, 15) is 9.59 Å². The molecule has 1 N–H and O–H groups in total. The fourth-order valence-corrected chi connectivity index (χ4v) is 3.60. The van der Waals surface area contributed by atoms with Crippen LogP contribution in [0.15, 0.2) is 48.7 Å². The van der Waals surface area contributed by atoms with Crippen molar-refractivity contribution in [2.24, 2.45) is 0 Å². The number of alkyl halides is 1. The number of carbonyl (C=O) groups excluding carboxylic acids is 2. The molecule has 0 aliphatic carbocycles. The molecule has 1 aliphatic rings. The zero-order valence-corrected chi connectivity index (χ0v) is 15.0. The van der Waals surface area contributed by atoms with Crippen molar-refractivity contribution < 1.29 is 9.59 Å². The van der Waals surface area contributed by atoms with E-state index >= 15 is 0 Å². The van der Waals surface area contributed by atoms with Crippen LogP contribution in [0.2, 0.25) is 0 Å². The van der Waals surface area contributed by atoms with Gasteiger partial charge in [0, 0.05) is 46.8 Å². The van der Waals surface area contributed by atoms with Crippen LogP contribution in [-0.2, 0) is 11.2 Å². The summed E-state index contributed by atoms with van der Waals surface area (Å²) in [5.41, 5.74) is 5.04. The number of anilines is 1. The van der Waals surface area contributed by atoms with Crippen LogP contribution in [0.3, 0.4) is 0 Å². The Morgan fingerprint density at radius 3 is 2.81 bits per heavy atom. The number of fused-ring (bicyclic) bond motifs is 2. The van der Waals surface area contributed by atoms with Crippen LogP contribution in [0, 0.1) is 0 Å². The molecule has 2 aromatic carbocycles. The van der Waals surface area contributed by atoms with E-state index in [1.165, 1.54) is 6.92 Å². The van der Waals surface area contributed by atoms with Crippen LogP contribution in [0.5, 0.6) is 0 Å². The van der Waals surface area contributed by atoms with Gasteiger partial charge in [0.2, 0.25) is 5.91 Å². The lowest BCUT2D eigenvalue weighted by Gasteiger charge is -2.03. The van der Waals surface area contributed by atoms with Gasteiger partial charge in [-0.05, 0) is 36.3 Å². The molecule has 0 spiro atoms. The van der Waals surface area contributed by atoms with Crippen LogP contribution < -0.4 is 5.32 Å². The highest BCUT2D eigenvalue weighted by atomic mass is 35.5.